The minimum absolute atomic E-state index is 0.394. The van der Waals surface area contributed by atoms with Crippen LogP contribution < -0.4 is 0 Å². The Morgan fingerprint density at radius 3 is 2.50 bits per heavy atom. The van der Waals surface area contributed by atoms with Crippen LogP contribution in [0.3, 0.4) is 0 Å². The molecule has 0 heterocycles. The fraction of sp³-hybridized carbons (Fsp3) is 0.400. The number of aliphatic hydroxyl groups excluding tert-OH is 3. The summed E-state index contributed by atoms with van der Waals surface area (Å²) in [6.45, 7) is 1.29. The molecule has 0 radical (unpaired) electrons. The number of aliphatic hydroxyl groups is 3. The van der Waals surface area contributed by atoms with Crippen molar-refractivity contribution < 1.29 is 15.3 Å². The van der Waals surface area contributed by atoms with Gasteiger partial charge in [-0.25, -0.2) is 0 Å². The van der Waals surface area contributed by atoms with Gasteiger partial charge >= 0.3 is 0 Å². The van der Waals surface area contributed by atoms with Crippen molar-refractivity contribution >= 4 is 11.6 Å². The third-order valence-electron chi connectivity index (χ3n) is 2.12. The van der Waals surface area contributed by atoms with Gasteiger partial charge in [0.15, 0.2) is 0 Å². The van der Waals surface area contributed by atoms with E-state index in [-0.39, 0.29) is 0 Å². The second kappa shape index (κ2) is 4.75. The molecule has 0 fully saturated rings. The first kappa shape index (κ1) is 11.5. The molecule has 0 saturated carbocycles. The van der Waals surface area contributed by atoms with Gasteiger partial charge in [-0.15, -0.1) is 0 Å². The summed E-state index contributed by atoms with van der Waals surface area (Å²) in [5.41, 5.74) is 1.26. The lowest BCUT2D eigenvalue weighted by atomic mass is 10.00. The van der Waals surface area contributed by atoms with E-state index in [1.54, 1.807) is 25.1 Å². The van der Waals surface area contributed by atoms with Gasteiger partial charge < -0.3 is 15.3 Å². The van der Waals surface area contributed by atoms with Crippen molar-refractivity contribution in [1.29, 1.82) is 0 Å². The number of benzene rings is 1. The van der Waals surface area contributed by atoms with Crippen molar-refractivity contribution in [2.45, 2.75) is 19.1 Å². The molecule has 3 N–H and O–H groups in total. The molecule has 0 saturated heterocycles. The van der Waals surface area contributed by atoms with Gasteiger partial charge in [0.05, 0.1) is 6.61 Å². The van der Waals surface area contributed by atoms with E-state index in [9.17, 15) is 10.2 Å². The lowest BCUT2D eigenvalue weighted by molar-refractivity contribution is -0.0154. The Morgan fingerprint density at radius 2 is 2.00 bits per heavy atom. The molecule has 0 aliphatic carbocycles. The lowest BCUT2D eigenvalue weighted by Gasteiger charge is -2.19. The monoisotopic (exact) mass is 216 g/mol. The fourth-order valence-corrected chi connectivity index (χ4v) is 1.65. The first-order valence-electron chi connectivity index (χ1n) is 4.30. The Morgan fingerprint density at radius 1 is 1.36 bits per heavy atom. The summed E-state index contributed by atoms with van der Waals surface area (Å²) in [6, 6.07) is 5.19. The van der Waals surface area contributed by atoms with Gasteiger partial charge in [-0.05, 0) is 18.6 Å². The van der Waals surface area contributed by atoms with Crippen LogP contribution in [0.4, 0.5) is 0 Å². The molecule has 0 spiro atoms. The zero-order valence-corrected chi connectivity index (χ0v) is 8.57. The van der Waals surface area contributed by atoms with Gasteiger partial charge in [-0.2, -0.15) is 0 Å². The Labute approximate surface area is 87.6 Å². The summed E-state index contributed by atoms with van der Waals surface area (Å²) in [7, 11) is 0. The van der Waals surface area contributed by atoms with Crippen LogP contribution in [0.15, 0.2) is 18.2 Å². The molecule has 1 aromatic carbocycles. The molecule has 78 valence electrons. The van der Waals surface area contributed by atoms with Crippen LogP contribution in [-0.2, 0) is 0 Å². The molecule has 1 rings (SSSR count). The Balaban J connectivity index is 3.05. The molecule has 2 atom stereocenters. The molecule has 0 amide bonds. The Bertz CT molecular complexity index is 294. The lowest BCUT2D eigenvalue weighted by Crippen LogP contribution is -2.23. The molecule has 0 aliphatic rings. The third kappa shape index (κ3) is 2.25. The van der Waals surface area contributed by atoms with Crippen LogP contribution in [0.5, 0.6) is 0 Å². The van der Waals surface area contributed by atoms with Gasteiger partial charge in [0.25, 0.3) is 0 Å². The second-order valence-electron chi connectivity index (χ2n) is 3.17. The van der Waals surface area contributed by atoms with Crippen molar-refractivity contribution in [3.63, 3.8) is 0 Å². The topological polar surface area (TPSA) is 60.7 Å². The number of aryl methyl sites for hydroxylation is 1. The third-order valence-corrected chi connectivity index (χ3v) is 2.45. The number of hydrogen-bond acceptors (Lipinski definition) is 3. The largest absolute Gasteiger partial charge is 0.394 e. The van der Waals surface area contributed by atoms with Crippen molar-refractivity contribution in [1.82, 2.24) is 0 Å². The highest BCUT2D eigenvalue weighted by Gasteiger charge is 2.21. The average Bonchev–Trinajstić information content (AvgIpc) is 2.16. The maximum Gasteiger partial charge on any atom is 0.109 e. The zero-order chi connectivity index (χ0) is 10.7. The number of hydrogen-bond donors (Lipinski definition) is 3. The van der Waals surface area contributed by atoms with E-state index < -0.39 is 18.8 Å². The highest BCUT2D eigenvalue weighted by molar-refractivity contribution is 6.31. The van der Waals surface area contributed by atoms with Gasteiger partial charge in [-0.3, -0.25) is 0 Å². The molecular weight excluding hydrogens is 204 g/mol. The minimum atomic E-state index is -1.20. The summed E-state index contributed by atoms with van der Waals surface area (Å²) < 4.78 is 0. The summed E-state index contributed by atoms with van der Waals surface area (Å²) in [5, 5.41) is 28.0. The summed E-state index contributed by atoms with van der Waals surface area (Å²) in [4.78, 5) is 0. The highest BCUT2D eigenvalue weighted by Crippen LogP contribution is 2.28. The van der Waals surface area contributed by atoms with E-state index in [2.05, 4.69) is 0 Å². The summed E-state index contributed by atoms with van der Waals surface area (Å²) in [6.07, 6.45) is -2.35. The quantitative estimate of drug-likeness (QED) is 0.708. The van der Waals surface area contributed by atoms with Gasteiger partial charge in [0, 0.05) is 10.6 Å². The van der Waals surface area contributed by atoms with E-state index >= 15 is 0 Å². The first-order chi connectivity index (χ1) is 6.57. The maximum absolute atomic E-state index is 9.66. The van der Waals surface area contributed by atoms with Gasteiger partial charge in [-0.1, -0.05) is 23.7 Å². The SMILES string of the molecule is Cc1cccc(Cl)c1C(O)C(O)CO. The van der Waals surface area contributed by atoms with Crippen molar-refractivity contribution in [2.75, 3.05) is 6.61 Å². The molecule has 2 unspecified atom stereocenters. The normalized spacial score (nSPS) is 15.2. The average molecular weight is 217 g/mol. The molecule has 1 aromatic rings. The van der Waals surface area contributed by atoms with E-state index in [0.717, 1.165) is 5.56 Å². The van der Waals surface area contributed by atoms with Gasteiger partial charge in [0.1, 0.15) is 12.2 Å². The van der Waals surface area contributed by atoms with E-state index in [0.29, 0.717) is 10.6 Å². The van der Waals surface area contributed by atoms with Crippen LogP contribution >= 0.6 is 11.6 Å². The molecule has 14 heavy (non-hydrogen) atoms. The summed E-state index contributed by atoms with van der Waals surface area (Å²) in [5.74, 6) is 0. The molecular formula is C10H13ClO3. The second-order valence-corrected chi connectivity index (χ2v) is 3.57. The van der Waals surface area contributed by atoms with Crippen molar-refractivity contribution in [3.05, 3.63) is 34.3 Å². The molecule has 0 aliphatic heterocycles. The minimum Gasteiger partial charge on any atom is -0.394 e. The van der Waals surface area contributed by atoms with E-state index in [1.807, 2.05) is 0 Å². The highest BCUT2D eigenvalue weighted by atomic mass is 35.5. The van der Waals surface area contributed by atoms with Crippen LogP contribution in [0.25, 0.3) is 0 Å². The predicted molar refractivity (Wildman–Crippen MR) is 54.2 cm³/mol. The van der Waals surface area contributed by atoms with E-state index in [4.69, 9.17) is 16.7 Å². The predicted octanol–water partition coefficient (Wildman–Crippen LogP) is 1.04. The Hall–Kier alpha value is -0.610. The van der Waals surface area contributed by atoms with Crippen LogP contribution in [-0.4, -0.2) is 28.0 Å². The van der Waals surface area contributed by atoms with E-state index in [1.165, 1.54) is 0 Å². The van der Waals surface area contributed by atoms with Gasteiger partial charge in [0.2, 0.25) is 0 Å². The molecule has 4 heteroatoms. The van der Waals surface area contributed by atoms with Crippen LogP contribution in [0, 0.1) is 6.92 Å². The fourth-order valence-electron chi connectivity index (χ4n) is 1.31. The molecule has 0 bridgehead atoms. The zero-order valence-electron chi connectivity index (χ0n) is 7.81. The number of halogens is 1. The van der Waals surface area contributed by atoms with Crippen molar-refractivity contribution in [2.24, 2.45) is 0 Å². The molecule has 3 nitrogen and oxygen atoms in total. The summed E-state index contributed by atoms with van der Waals surface area (Å²) >= 11 is 5.87. The van der Waals surface area contributed by atoms with Crippen LogP contribution in [0.2, 0.25) is 5.02 Å². The first-order valence-corrected chi connectivity index (χ1v) is 4.67. The number of rotatable bonds is 3. The van der Waals surface area contributed by atoms with Crippen molar-refractivity contribution in [3.8, 4) is 0 Å². The Kier molecular flexibility index (Phi) is 3.89. The maximum atomic E-state index is 9.66. The van der Waals surface area contributed by atoms with Crippen LogP contribution in [0.1, 0.15) is 17.2 Å². The smallest absolute Gasteiger partial charge is 0.109 e. The molecule has 0 aromatic heterocycles. The standard InChI is InChI=1S/C10H13ClO3/c1-6-3-2-4-7(11)9(6)10(14)8(13)5-12/h2-4,8,10,12-14H,5H2,1H3.